The molecule has 120 valence electrons. The molecular weight excluding hydrogens is 338 g/mol. The van der Waals surface area contributed by atoms with E-state index in [2.05, 4.69) is 10.6 Å². The molecule has 6 nitrogen and oxygen atoms in total. The number of urea groups is 1. The number of aryl methyl sites for hydroxylation is 1. The molecule has 2 aromatic rings. The van der Waals surface area contributed by atoms with E-state index in [-0.39, 0.29) is 11.7 Å². The van der Waals surface area contributed by atoms with Gasteiger partial charge in [0.05, 0.1) is 9.95 Å². The molecule has 0 heterocycles. The van der Waals surface area contributed by atoms with Crippen molar-refractivity contribution in [2.24, 2.45) is 0 Å². The Bertz CT molecular complexity index is 727. The Kier molecular flexibility index (Phi) is 5.46. The van der Waals surface area contributed by atoms with Gasteiger partial charge in [-0.3, -0.25) is 10.1 Å². The first-order valence-corrected chi connectivity index (χ1v) is 7.81. The van der Waals surface area contributed by atoms with Crippen molar-refractivity contribution < 1.29 is 9.72 Å². The minimum Gasteiger partial charge on any atom is -0.341 e. The summed E-state index contributed by atoms with van der Waals surface area (Å²) in [7, 11) is 1.54. The minimum absolute atomic E-state index is 0.0259. The minimum atomic E-state index is -0.466. The zero-order valence-corrected chi connectivity index (χ0v) is 14.0. The predicted octanol–water partition coefficient (Wildman–Crippen LogP) is 4.46. The summed E-state index contributed by atoms with van der Waals surface area (Å²) in [6, 6.07) is 9.77. The van der Waals surface area contributed by atoms with Crippen LogP contribution in [-0.4, -0.2) is 18.0 Å². The molecule has 8 heteroatoms. The Morgan fingerprint density at radius 3 is 2.43 bits per heavy atom. The van der Waals surface area contributed by atoms with Gasteiger partial charge in [0.1, 0.15) is 0 Å². The van der Waals surface area contributed by atoms with Crippen molar-refractivity contribution in [1.82, 2.24) is 5.32 Å². The Labute approximate surface area is 142 Å². The lowest BCUT2D eigenvalue weighted by Gasteiger charge is -2.09. The monoisotopic (exact) mass is 351 g/mol. The summed E-state index contributed by atoms with van der Waals surface area (Å²) in [5, 5.41) is 16.3. The van der Waals surface area contributed by atoms with E-state index in [9.17, 15) is 14.9 Å². The van der Waals surface area contributed by atoms with E-state index in [4.69, 9.17) is 11.6 Å². The molecule has 0 bridgehead atoms. The number of nitro groups is 1. The van der Waals surface area contributed by atoms with Crippen LogP contribution >= 0.6 is 23.4 Å². The largest absolute Gasteiger partial charge is 0.341 e. The second kappa shape index (κ2) is 7.34. The Morgan fingerprint density at radius 2 is 1.91 bits per heavy atom. The van der Waals surface area contributed by atoms with Crippen LogP contribution in [0.15, 0.2) is 46.2 Å². The first kappa shape index (κ1) is 17.1. The molecule has 0 fully saturated rings. The maximum atomic E-state index is 11.2. The van der Waals surface area contributed by atoms with Crippen LogP contribution in [0.3, 0.4) is 0 Å². The van der Waals surface area contributed by atoms with Crippen LogP contribution in [-0.2, 0) is 0 Å². The molecule has 0 unspecified atom stereocenters. The first-order valence-electron chi connectivity index (χ1n) is 6.62. The number of hydrogen-bond donors (Lipinski definition) is 2. The van der Waals surface area contributed by atoms with Gasteiger partial charge in [-0.1, -0.05) is 23.4 Å². The van der Waals surface area contributed by atoms with E-state index in [1.807, 2.05) is 12.1 Å². The highest BCUT2D eigenvalue weighted by atomic mass is 35.5. The summed E-state index contributed by atoms with van der Waals surface area (Å²) >= 11 is 7.57. The molecule has 2 amide bonds. The van der Waals surface area contributed by atoms with Gasteiger partial charge in [0.2, 0.25) is 0 Å². The number of carbonyl (C=O) groups is 1. The summed E-state index contributed by atoms with van der Waals surface area (Å²) in [5.41, 5.74) is 1.38. The third kappa shape index (κ3) is 4.37. The van der Waals surface area contributed by atoms with Crippen LogP contribution in [0.4, 0.5) is 16.2 Å². The normalized spacial score (nSPS) is 10.2. The number of halogens is 1. The molecule has 0 saturated heterocycles. The topological polar surface area (TPSA) is 84.3 Å². The summed E-state index contributed by atoms with van der Waals surface area (Å²) in [6.07, 6.45) is 0. The number of non-ortho nitro benzene ring substituents is 1. The second-order valence-corrected chi connectivity index (χ2v) is 6.15. The number of hydrogen-bond acceptors (Lipinski definition) is 4. The molecule has 23 heavy (non-hydrogen) atoms. The van der Waals surface area contributed by atoms with Crippen molar-refractivity contribution in [3.8, 4) is 0 Å². The summed E-state index contributed by atoms with van der Waals surface area (Å²) in [5.74, 6) is 0. The van der Waals surface area contributed by atoms with Gasteiger partial charge in [-0.25, -0.2) is 4.79 Å². The number of amides is 2. The number of benzene rings is 2. The van der Waals surface area contributed by atoms with Crippen molar-refractivity contribution >= 4 is 40.8 Å². The highest BCUT2D eigenvalue weighted by Crippen LogP contribution is 2.38. The lowest BCUT2D eigenvalue weighted by atomic mass is 10.2. The van der Waals surface area contributed by atoms with Gasteiger partial charge in [0, 0.05) is 34.7 Å². The fourth-order valence-electron chi connectivity index (χ4n) is 1.87. The molecule has 0 aliphatic heterocycles. The van der Waals surface area contributed by atoms with Crippen LogP contribution in [0.25, 0.3) is 0 Å². The van der Waals surface area contributed by atoms with Gasteiger partial charge in [0.15, 0.2) is 0 Å². The van der Waals surface area contributed by atoms with Crippen LogP contribution in [0, 0.1) is 17.0 Å². The van der Waals surface area contributed by atoms with Crippen molar-refractivity contribution in [2.45, 2.75) is 16.7 Å². The third-order valence-corrected chi connectivity index (χ3v) is 4.65. The van der Waals surface area contributed by atoms with E-state index in [0.29, 0.717) is 10.7 Å². The average Bonchev–Trinajstić information content (AvgIpc) is 2.52. The van der Waals surface area contributed by atoms with E-state index < -0.39 is 4.92 Å². The number of rotatable bonds is 4. The smallest absolute Gasteiger partial charge is 0.318 e. The highest BCUT2D eigenvalue weighted by molar-refractivity contribution is 7.99. The zero-order valence-electron chi connectivity index (χ0n) is 12.4. The van der Waals surface area contributed by atoms with Gasteiger partial charge in [0.25, 0.3) is 5.69 Å². The SMILES string of the molecule is CNC(=O)Nc1ccc(Sc2c(C)cc([N+](=O)[O-])cc2Cl)cc1. The Morgan fingerprint density at radius 1 is 1.26 bits per heavy atom. The van der Waals surface area contributed by atoms with Crippen LogP contribution in [0.1, 0.15) is 5.56 Å². The van der Waals surface area contributed by atoms with Crippen molar-refractivity contribution in [2.75, 3.05) is 12.4 Å². The zero-order chi connectivity index (χ0) is 17.0. The molecule has 0 aliphatic rings. The lowest BCUT2D eigenvalue weighted by Crippen LogP contribution is -2.24. The van der Waals surface area contributed by atoms with Crippen molar-refractivity contribution in [1.29, 1.82) is 0 Å². The Hall–Kier alpha value is -2.25. The van der Waals surface area contributed by atoms with E-state index in [1.165, 1.54) is 23.9 Å². The fourth-order valence-corrected chi connectivity index (χ4v) is 3.13. The fraction of sp³-hybridized carbons (Fsp3) is 0.133. The molecule has 0 aromatic heterocycles. The maximum Gasteiger partial charge on any atom is 0.318 e. The van der Waals surface area contributed by atoms with E-state index in [1.54, 1.807) is 26.1 Å². The standard InChI is InChI=1S/C15H14ClN3O3S/c1-9-7-11(19(21)22)8-13(16)14(9)23-12-5-3-10(4-6-12)18-15(20)17-2/h3-8H,1-2H3,(H2,17,18,20). The van der Waals surface area contributed by atoms with Crippen LogP contribution in [0.2, 0.25) is 5.02 Å². The molecule has 2 N–H and O–H groups in total. The quantitative estimate of drug-likeness (QED) is 0.629. The summed E-state index contributed by atoms with van der Waals surface area (Å²) < 4.78 is 0. The summed E-state index contributed by atoms with van der Waals surface area (Å²) in [6.45, 7) is 1.78. The molecular formula is C15H14ClN3O3S. The molecule has 0 atom stereocenters. The number of carbonyl (C=O) groups excluding carboxylic acids is 1. The first-order chi connectivity index (χ1) is 10.9. The predicted molar refractivity (Wildman–Crippen MR) is 91.5 cm³/mol. The number of anilines is 1. The van der Waals surface area contributed by atoms with Crippen molar-refractivity contribution in [3.63, 3.8) is 0 Å². The molecule has 0 saturated carbocycles. The van der Waals surface area contributed by atoms with Gasteiger partial charge in [-0.2, -0.15) is 0 Å². The highest BCUT2D eigenvalue weighted by Gasteiger charge is 2.14. The molecule has 2 rings (SSSR count). The van der Waals surface area contributed by atoms with Gasteiger partial charge in [-0.15, -0.1) is 0 Å². The lowest BCUT2D eigenvalue weighted by molar-refractivity contribution is -0.384. The second-order valence-electron chi connectivity index (χ2n) is 4.66. The third-order valence-electron chi connectivity index (χ3n) is 2.98. The number of nitro benzene ring substituents is 1. The van der Waals surface area contributed by atoms with Gasteiger partial charge >= 0.3 is 6.03 Å². The average molecular weight is 352 g/mol. The van der Waals surface area contributed by atoms with Crippen LogP contribution < -0.4 is 10.6 Å². The molecule has 0 aliphatic carbocycles. The molecule has 0 spiro atoms. The van der Waals surface area contributed by atoms with Gasteiger partial charge in [-0.05, 0) is 36.8 Å². The molecule has 2 aromatic carbocycles. The maximum absolute atomic E-state index is 11.2. The van der Waals surface area contributed by atoms with Crippen molar-refractivity contribution in [3.05, 3.63) is 57.1 Å². The van der Waals surface area contributed by atoms with E-state index >= 15 is 0 Å². The Balaban J connectivity index is 2.19. The molecule has 0 radical (unpaired) electrons. The summed E-state index contributed by atoms with van der Waals surface area (Å²) in [4.78, 5) is 23.3. The van der Waals surface area contributed by atoms with Gasteiger partial charge < -0.3 is 10.6 Å². The van der Waals surface area contributed by atoms with E-state index in [0.717, 1.165) is 15.4 Å². The number of nitrogens with zero attached hydrogens (tertiary/aromatic N) is 1. The van der Waals surface area contributed by atoms with Crippen LogP contribution in [0.5, 0.6) is 0 Å². The number of nitrogens with one attached hydrogen (secondary N) is 2.